The first kappa shape index (κ1) is 26.1. The molecule has 0 nitrogen and oxygen atoms in total. The fourth-order valence-electron chi connectivity index (χ4n) is 5.70. The molecule has 2 atom stereocenters. The van der Waals surface area contributed by atoms with Gasteiger partial charge in [-0.05, 0) is 0 Å². The van der Waals surface area contributed by atoms with Crippen LogP contribution in [0, 0.1) is 13.8 Å². The summed E-state index contributed by atoms with van der Waals surface area (Å²) in [6, 6.07) is 25.1. The Balaban J connectivity index is 0.00000153. The average Bonchev–Trinajstić information content (AvgIpc) is 3.28. The molecule has 0 radical (unpaired) electrons. The topological polar surface area (TPSA) is 0 Å². The molecule has 33 heavy (non-hydrogen) atoms. The number of hydrogen-bond donors (Lipinski definition) is 0. The Hall–Kier alpha value is -1.53. The first-order chi connectivity index (χ1) is 15.0. The van der Waals surface area contributed by atoms with E-state index in [1.807, 2.05) is 0 Å². The Morgan fingerprint density at radius 3 is 1.52 bits per heavy atom. The molecular weight excluding hydrogens is 522 g/mol. The van der Waals surface area contributed by atoms with Crippen LogP contribution in [-0.2, 0) is 21.3 Å². The summed E-state index contributed by atoms with van der Waals surface area (Å²) in [4.78, 5) is 0. The third kappa shape index (κ3) is 4.45. The van der Waals surface area contributed by atoms with Gasteiger partial charge in [-0.1, -0.05) is 0 Å². The van der Waals surface area contributed by atoms with Crippen molar-refractivity contribution in [3.05, 3.63) is 117 Å². The summed E-state index contributed by atoms with van der Waals surface area (Å²) in [7, 11) is 0. The minimum atomic E-state index is -2.30. The van der Waals surface area contributed by atoms with E-state index in [4.69, 9.17) is 0 Å². The van der Waals surface area contributed by atoms with Crippen LogP contribution in [0.5, 0.6) is 0 Å². The van der Waals surface area contributed by atoms with Gasteiger partial charge in [-0.2, -0.15) is 0 Å². The fourth-order valence-corrected chi connectivity index (χ4v) is 15.6. The minimum Gasteiger partial charge on any atom is -1.00 e. The van der Waals surface area contributed by atoms with Crippen molar-refractivity contribution in [3.8, 4) is 0 Å². The van der Waals surface area contributed by atoms with Crippen molar-refractivity contribution in [2.75, 3.05) is 0 Å². The van der Waals surface area contributed by atoms with Gasteiger partial charge in [0.25, 0.3) is 0 Å². The first-order valence-corrected chi connectivity index (χ1v) is 15.4. The maximum Gasteiger partial charge on any atom is -1.00 e. The van der Waals surface area contributed by atoms with Crippen LogP contribution in [0.1, 0.15) is 67.0 Å². The molecule has 0 N–H and O–H groups in total. The summed E-state index contributed by atoms with van der Waals surface area (Å²) >= 11 is -2.30. The SMILES string of the molecule is CC1=Cc2c(C)cccc2[CH]1[Zr+2](=[C](C)c1ccccc1)[CH]1C(C)=Cc2c(C)cccc21.[Cl-].[Cl-]. The number of rotatable bonds is 3. The van der Waals surface area contributed by atoms with Crippen LogP contribution >= 0.6 is 0 Å². The second-order valence-electron chi connectivity index (χ2n) is 9.24. The molecule has 168 valence electrons. The van der Waals surface area contributed by atoms with Gasteiger partial charge >= 0.3 is 195 Å². The average molecular weight is 553 g/mol. The van der Waals surface area contributed by atoms with Gasteiger partial charge < -0.3 is 24.8 Å². The van der Waals surface area contributed by atoms with Crippen LogP contribution in [-0.4, -0.2) is 3.21 Å². The van der Waals surface area contributed by atoms with E-state index in [9.17, 15) is 0 Å². The zero-order valence-corrected chi connectivity index (χ0v) is 23.9. The quantitative estimate of drug-likeness (QED) is 0.465. The third-order valence-electron chi connectivity index (χ3n) is 7.25. The summed E-state index contributed by atoms with van der Waals surface area (Å²) in [6.07, 6.45) is 4.97. The van der Waals surface area contributed by atoms with Crippen LogP contribution in [0.25, 0.3) is 12.2 Å². The molecule has 3 aromatic carbocycles. The Labute approximate surface area is 218 Å². The van der Waals surface area contributed by atoms with Gasteiger partial charge in [0, 0.05) is 0 Å². The second kappa shape index (κ2) is 10.4. The molecule has 0 saturated heterocycles. The molecule has 0 saturated carbocycles. The van der Waals surface area contributed by atoms with Crippen molar-refractivity contribution in [2.45, 2.75) is 41.9 Å². The number of halogens is 2. The van der Waals surface area contributed by atoms with Gasteiger partial charge in [0.15, 0.2) is 0 Å². The number of allylic oxidation sites excluding steroid dienone is 2. The second-order valence-corrected chi connectivity index (χ2v) is 16.2. The van der Waals surface area contributed by atoms with Gasteiger partial charge in [0.05, 0.1) is 0 Å². The van der Waals surface area contributed by atoms with Crippen molar-refractivity contribution >= 4 is 15.4 Å². The molecule has 0 fully saturated rings. The Bertz CT molecular complexity index is 1210. The van der Waals surface area contributed by atoms with E-state index in [0.717, 1.165) is 0 Å². The Morgan fingerprint density at radius 1 is 0.606 bits per heavy atom. The molecule has 3 heteroatoms. The Kier molecular flexibility index (Phi) is 8.21. The molecule has 5 rings (SSSR count). The van der Waals surface area contributed by atoms with Crippen molar-refractivity contribution in [3.63, 3.8) is 0 Å². The van der Waals surface area contributed by atoms with E-state index >= 15 is 0 Å². The number of aryl methyl sites for hydroxylation is 2. The van der Waals surface area contributed by atoms with E-state index in [0.29, 0.717) is 7.25 Å². The zero-order valence-electron chi connectivity index (χ0n) is 19.9. The van der Waals surface area contributed by atoms with Crippen LogP contribution in [0.2, 0.25) is 0 Å². The van der Waals surface area contributed by atoms with Gasteiger partial charge in [-0.15, -0.1) is 0 Å². The van der Waals surface area contributed by atoms with E-state index in [1.54, 1.807) is 25.5 Å². The number of fused-ring (bicyclic) bond motifs is 2. The van der Waals surface area contributed by atoms with Crippen LogP contribution in [0.15, 0.2) is 77.9 Å². The molecule has 3 aromatic rings. The van der Waals surface area contributed by atoms with Crippen molar-refractivity contribution in [2.24, 2.45) is 0 Å². The zero-order chi connectivity index (χ0) is 21.7. The predicted octanol–water partition coefficient (Wildman–Crippen LogP) is 1.79. The first-order valence-electron chi connectivity index (χ1n) is 11.3. The predicted molar refractivity (Wildman–Crippen MR) is 131 cm³/mol. The molecule has 0 amide bonds. The van der Waals surface area contributed by atoms with Crippen molar-refractivity contribution in [1.82, 2.24) is 0 Å². The maximum atomic E-state index is 2.49. The van der Waals surface area contributed by atoms with Gasteiger partial charge in [0.2, 0.25) is 0 Å². The monoisotopic (exact) mass is 550 g/mol. The largest absolute Gasteiger partial charge is 1.00 e. The van der Waals surface area contributed by atoms with E-state index in [2.05, 4.69) is 114 Å². The van der Waals surface area contributed by atoms with Crippen molar-refractivity contribution < 1.29 is 46.1 Å². The Morgan fingerprint density at radius 2 is 1.06 bits per heavy atom. The molecule has 0 aromatic heterocycles. The molecule has 2 unspecified atom stereocenters. The molecule has 0 bridgehead atoms. The summed E-state index contributed by atoms with van der Waals surface area (Å²) in [5, 5.41) is 0. The summed E-state index contributed by atoms with van der Waals surface area (Å²) < 4.78 is 2.87. The van der Waals surface area contributed by atoms with Crippen LogP contribution in [0.3, 0.4) is 0 Å². The summed E-state index contributed by atoms with van der Waals surface area (Å²) in [5.74, 6) is 0. The minimum absolute atomic E-state index is 0. The normalized spacial score (nSPS) is 17.5. The number of hydrogen-bond acceptors (Lipinski definition) is 0. The van der Waals surface area contributed by atoms with Crippen molar-refractivity contribution in [1.29, 1.82) is 0 Å². The summed E-state index contributed by atoms with van der Waals surface area (Å²) in [5.41, 5.74) is 13.5. The number of benzene rings is 3. The molecule has 0 heterocycles. The molecular formula is C30H30Cl2Zr. The van der Waals surface area contributed by atoms with Gasteiger partial charge in [-0.25, -0.2) is 0 Å². The summed E-state index contributed by atoms with van der Waals surface area (Å²) in [6.45, 7) is 11.7. The molecule has 0 aliphatic heterocycles. The van der Waals surface area contributed by atoms with Crippen LogP contribution in [0.4, 0.5) is 0 Å². The standard InChI is InChI=1S/2C11H11.C8H8.2ClH.Zr/c2*1-8-6-10-5-3-4-9(2)11(10)7-8;1-2-8-6-4-3-5-7-8;;;/h2*3-7H,1-2H3;3-7H,1H3;2*1H;/q;;;;;+2/p-2. The maximum absolute atomic E-state index is 2.49. The van der Waals surface area contributed by atoms with Crippen LogP contribution < -0.4 is 24.8 Å². The van der Waals surface area contributed by atoms with Gasteiger partial charge in [-0.3, -0.25) is 0 Å². The molecule has 0 spiro atoms. The smallest absolute Gasteiger partial charge is 1.00 e. The molecule has 2 aliphatic rings. The van der Waals surface area contributed by atoms with E-state index in [1.165, 1.54) is 27.8 Å². The van der Waals surface area contributed by atoms with E-state index in [-0.39, 0.29) is 24.8 Å². The van der Waals surface area contributed by atoms with E-state index < -0.39 is 21.3 Å². The molecule has 2 aliphatic carbocycles. The third-order valence-corrected chi connectivity index (χ3v) is 16.9. The van der Waals surface area contributed by atoms with Gasteiger partial charge in [0.1, 0.15) is 0 Å². The fraction of sp³-hybridized carbons (Fsp3) is 0.233.